The molecule has 1 aliphatic heterocycles. The van der Waals surface area contributed by atoms with Crippen LogP contribution in [0.4, 0.5) is 0 Å². The lowest BCUT2D eigenvalue weighted by molar-refractivity contribution is -0.0124. The second-order valence-corrected chi connectivity index (χ2v) is 6.66. The third kappa shape index (κ3) is 4.33. The number of piperidine rings is 1. The van der Waals surface area contributed by atoms with Gasteiger partial charge in [-0.3, -0.25) is 9.88 Å². The molecule has 0 spiro atoms. The second kappa shape index (κ2) is 8.21. The van der Waals surface area contributed by atoms with E-state index in [4.69, 9.17) is 4.74 Å². The average Bonchev–Trinajstić information content (AvgIpc) is 3.17. The highest BCUT2D eigenvalue weighted by Gasteiger charge is 2.21. The Morgan fingerprint density at radius 3 is 2.88 bits per heavy atom. The van der Waals surface area contributed by atoms with Crippen molar-refractivity contribution in [2.45, 2.75) is 32.1 Å². The van der Waals surface area contributed by atoms with E-state index >= 15 is 0 Å². The van der Waals surface area contributed by atoms with Gasteiger partial charge in [-0.2, -0.15) is 0 Å². The number of hydrogen-bond acceptors (Lipinski definition) is 5. The van der Waals surface area contributed by atoms with Crippen LogP contribution >= 0.6 is 0 Å². The van der Waals surface area contributed by atoms with E-state index in [1.807, 2.05) is 53.5 Å². The van der Waals surface area contributed by atoms with E-state index in [0.29, 0.717) is 6.61 Å². The predicted molar refractivity (Wildman–Crippen MR) is 98.7 cm³/mol. The maximum absolute atomic E-state index is 6.09. The van der Waals surface area contributed by atoms with Crippen LogP contribution in [0.25, 0.3) is 5.69 Å². The summed E-state index contributed by atoms with van der Waals surface area (Å²) in [5, 5.41) is 8.58. The Bertz CT molecular complexity index is 805. The molecule has 0 aliphatic carbocycles. The van der Waals surface area contributed by atoms with Crippen molar-refractivity contribution in [1.82, 2.24) is 24.9 Å². The lowest BCUT2D eigenvalue weighted by Crippen LogP contribution is -2.39. The van der Waals surface area contributed by atoms with Crippen LogP contribution in [0.2, 0.25) is 0 Å². The van der Waals surface area contributed by atoms with E-state index in [2.05, 4.69) is 26.3 Å². The highest BCUT2D eigenvalue weighted by Crippen LogP contribution is 2.17. The maximum Gasteiger partial charge on any atom is 0.0971 e. The van der Waals surface area contributed by atoms with Crippen LogP contribution in [0.15, 0.2) is 61.1 Å². The van der Waals surface area contributed by atoms with E-state index in [-0.39, 0.29) is 6.10 Å². The Kier molecular flexibility index (Phi) is 5.33. The second-order valence-electron chi connectivity index (χ2n) is 6.66. The quantitative estimate of drug-likeness (QED) is 0.685. The van der Waals surface area contributed by atoms with Gasteiger partial charge in [0.15, 0.2) is 0 Å². The van der Waals surface area contributed by atoms with Gasteiger partial charge >= 0.3 is 0 Å². The Morgan fingerprint density at radius 2 is 2.04 bits per heavy atom. The van der Waals surface area contributed by atoms with E-state index < -0.39 is 0 Å². The maximum atomic E-state index is 6.09. The van der Waals surface area contributed by atoms with Gasteiger partial charge in [0.2, 0.25) is 0 Å². The summed E-state index contributed by atoms with van der Waals surface area (Å²) in [6.07, 6.45) is 8.16. The van der Waals surface area contributed by atoms with Crippen molar-refractivity contribution >= 4 is 0 Å². The lowest BCUT2D eigenvalue weighted by atomic mass is 10.1. The first-order chi connectivity index (χ1) is 12.9. The Labute approximate surface area is 153 Å². The van der Waals surface area contributed by atoms with E-state index in [9.17, 15) is 0 Å². The van der Waals surface area contributed by atoms with Crippen LogP contribution in [0.1, 0.15) is 24.1 Å². The number of aromatic nitrogens is 4. The molecule has 0 N–H and O–H groups in total. The Balaban J connectivity index is 1.32. The van der Waals surface area contributed by atoms with Crippen LogP contribution in [0.3, 0.4) is 0 Å². The summed E-state index contributed by atoms with van der Waals surface area (Å²) in [5.41, 5.74) is 3.14. The van der Waals surface area contributed by atoms with E-state index in [0.717, 1.165) is 49.4 Å². The molecule has 0 amide bonds. The number of rotatable bonds is 6. The number of hydrogen-bond donors (Lipinski definition) is 0. The lowest BCUT2D eigenvalue weighted by Gasteiger charge is -2.32. The summed E-state index contributed by atoms with van der Waals surface area (Å²) in [7, 11) is 0. The third-order valence-corrected chi connectivity index (χ3v) is 4.62. The molecule has 3 aromatic rings. The van der Waals surface area contributed by atoms with Gasteiger partial charge in [-0.05, 0) is 43.1 Å². The van der Waals surface area contributed by atoms with Crippen LogP contribution in [0.5, 0.6) is 0 Å². The number of nitrogens with zero attached hydrogens (tertiary/aromatic N) is 5. The normalized spacial score (nSPS) is 18.1. The van der Waals surface area contributed by atoms with Gasteiger partial charge < -0.3 is 4.74 Å². The number of para-hydroxylation sites is 1. The van der Waals surface area contributed by atoms with Gasteiger partial charge in [-0.1, -0.05) is 29.5 Å². The van der Waals surface area contributed by atoms with Crippen molar-refractivity contribution in [3.63, 3.8) is 0 Å². The number of benzene rings is 1. The highest BCUT2D eigenvalue weighted by atomic mass is 16.5. The fourth-order valence-electron chi connectivity index (χ4n) is 3.30. The van der Waals surface area contributed by atoms with Gasteiger partial charge in [-0.25, -0.2) is 4.68 Å². The fraction of sp³-hybridized carbons (Fsp3) is 0.350. The van der Waals surface area contributed by atoms with Crippen molar-refractivity contribution in [2.75, 3.05) is 13.1 Å². The van der Waals surface area contributed by atoms with Crippen LogP contribution in [-0.2, 0) is 17.9 Å². The zero-order valence-corrected chi connectivity index (χ0v) is 14.7. The van der Waals surface area contributed by atoms with E-state index in [1.165, 1.54) is 0 Å². The van der Waals surface area contributed by atoms with Crippen molar-refractivity contribution in [3.8, 4) is 5.69 Å². The summed E-state index contributed by atoms with van der Waals surface area (Å²) in [4.78, 5) is 6.54. The first-order valence-corrected chi connectivity index (χ1v) is 9.06. The molecule has 2 aromatic heterocycles. The molecule has 26 heavy (non-hydrogen) atoms. The molecule has 1 fully saturated rings. The molecule has 1 saturated heterocycles. The molecule has 134 valence electrons. The molecule has 0 unspecified atom stereocenters. The largest absolute Gasteiger partial charge is 0.372 e. The summed E-state index contributed by atoms with van der Waals surface area (Å²) in [6.45, 7) is 3.43. The number of ether oxygens (including phenoxy) is 1. The van der Waals surface area contributed by atoms with Gasteiger partial charge in [-0.15, -0.1) is 5.10 Å². The number of pyridine rings is 1. The topological polar surface area (TPSA) is 56.1 Å². The van der Waals surface area contributed by atoms with Crippen LogP contribution in [-0.4, -0.2) is 44.1 Å². The molecule has 3 heterocycles. The molecule has 1 aliphatic rings. The molecular formula is C20H23N5O. The molecular weight excluding hydrogens is 326 g/mol. The first kappa shape index (κ1) is 16.9. The zero-order chi connectivity index (χ0) is 17.6. The minimum atomic E-state index is 0.258. The van der Waals surface area contributed by atoms with Crippen LogP contribution in [0, 0.1) is 0 Å². The van der Waals surface area contributed by atoms with E-state index in [1.54, 1.807) is 6.20 Å². The highest BCUT2D eigenvalue weighted by molar-refractivity contribution is 5.29. The van der Waals surface area contributed by atoms with Gasteiger partial charge in [0.05, 0.1) is 30.3 Å². The van der Waals surface area contributed by atoms with Crippen molar-refractivity contribution in [3.05, 3.63) is 72.3 Å². The third-order valence-electron chi connectivity index (χ3n) is 4.62. The molecule has 6 heteroatoms. The minimum absolute atomic E-state index is 0.258. The van der Waals surface area contributed by atoms with Crippen molar-refractivity contribution < 1.29 is 4.74 Å². The average molecular weight is 349 g/mol. The summed E-state index contributed by atoms with van der Waals surface area (Å²) in [5.74, 6) is 0. The molecule has 4 rings (SSSR count). The van der Waals surface area contributed by atoms with Crippen molar-refractivity contribution in [1.29, 1.82) is 0 Å². The Hall–Kier alpha value is -2.57. The molecule has 0 saturated carbocycles. The summed E-state index contributed by atoms with van der Waals surface area (Å²) in [6, 6.07) is 14.1. The molecule has 1 aromatic carbocycles. The van der Waals surface area contributed by atoms with Crippen LogP contribution < -0.4 is 0 Å². The SMILES string of the molecule is c1ccc(-n2cc(CN3CCC[C@H](OCc4cccnc4)C3)nn2)cc1. The fourth-order valence-corrected chi connectivity index (χ4v) is 3.30. The van der Waals surface area contributed by atoms with Gasteiger partial charge in [0, 0.05) is 25.5 Å². The number of likely N-dealkylation sites (tertiary alicyclic amines) is 1. The Morgan fingerprint density at radius 1 is 1.12 bits per heavy atom. The standard InChI is InChI=1S/C20H23N5O/c1-2-7-19(8-3-1)25-14-18(22-23-25)13-24-11-5-9-20(15-24)26-16-17-6-4-10-21-12-17/h1-4,6-8,10,12,14,20H,5,9,11,13,15-16H2/t20-/m0/s1. The monoisotopic (exact) mass is 349 g/mol. The minimum Gasteiger partial charge on any atom is -0.372 e. The summed E-state index contributed by atoms with van der Waals surface area (Å²) < 4.78 is 7.92. The molecule has 0 bridgehead atoms. The predicted octanol–water partition coefficient (Wildman–Crippen LogP) is 2.84. The van der Waals surface area contributed by atoms with Crippen molar-refractivity contribution in [2.24, 2.45) is 0 Å². The first-order valence-electron chi connectivity index (χ1n) is 9.06. The smallest absolute Gasteiger partial charge is 0.0971 e. The molecule has 6 nitrogen and oxygen atoms in total. The summed E-state index contributed by atoms with van der Waals surface area (Å²) >= 11 is 0. The molecule has 0 radical (unpaired) electrons. The zero-order valence-electron chi connectivity index (χ0n) is 14.7. The molecule has 1 atom stereocenters. The van der Waals surface area contributed by atoms with Gasteiger partial charge in [0.1, 0.15) is 0 Å². The van der Waals surface area contributed by atoms with Gasteiger partial charge in [0.25, 0.3) is 0 Å².